The number of anilines is 1. The number of likely N-dealkylation sites (N-methyl/N-ethyl adjacent to an activating group) is 1. The Balaban J connectivity index is 1.98. The van der Waals surface area contributed by atoms with Gasteiger partial charge in [-0.25, -0.2) is 4.98 Å². The van der Waals surface area contributed by atoms with Crippen molar-refractivity contribution < 1.29 is 9.69 Å². The predicted octanol–water partition coefficient (Wildman–Crippen LogP) is 3.79. The Morgan fingerprint density at radius 1 is 1.04 bits per heavy atom. The molecule has 0 spiro atoms. The molecule has 0 aliphatic heterocycles. The molecule has 148 valence electrons. The van der Waals surface area contributed by atoms with Crippen molar-refractivity contribution in [3.63, 3.8) is 0 Å². The monoisotopic (exact) mass is 396 g/mol. The van der Waals surface area contributed by atoms with Gasteiger partial charge in [-0.1, -0.05) is 35.1 Å². The van der Waals surface area contributed by atoms with Gasteiger partial charge >= 0.3 is 0 Å². The molecule has 0 unspecified atom stereocenters. The summed E-state index contributed by atoms with van der Waals surface area (Å²) >= 11 is 1.62. The molecule has 0 bridgehead atoms. The number of nitrogens with one attached hydrogen (secondary N) is 1. The first-order valence-corrected chi connectivity index (χ1v) is 10.8. The molecule has 5 heteroatoms. The second-order valence-electron chi connectivity index (χ2n) is 7.46. The van der Waals surface area contributed by atoms with Crippen LogP contribution in [0.1, 0.15) is 40.9 Å². The summed E-state index contributed by atoms with van der Waals surface area (Å²) < 4.78 is 1.16. The van der Waals surface area contributed by atoms with Crippen LogP contribution in [0, 0.1) is 20.8 Å². The highest BCUT2D eigenvalue weighted by atomic mass is 32.1. The molecule has 0 aliphatic rings. The van der Waals surface area contributed by atoms with Gasteiger partial charge in [0.1, 0.15) is 0 Å². The van der Waals surface area contributed by atoms with Gasteiger partial charge in [-0.2, -0.15) is 0 Å². The number of hydrogen-bond donors (Lipinski definition) is 1. The number of benzene rings is 2. The highest BCUT2D eigenvalue weighted by Crippen LogP contribution is 2.32. The third-order valence-corrected chi connectivity index (χ3v) is 6.50. The number of thiazole rings is 1. The molecule has 1 N–H and O–H groups in total. The summed E-state index contributed by atoms with van der Waals surface area (Å²) in [4.78, 5) is 21.6. The first-order valence-electron chi connectivity index (χ1n) is 10.0. The maximum Gasteiger partial charge on any atom is 0.260 e. The molecule has 0 aliphatic carbocycles. The summed E-state index contributed by atoms with van der Waals surface area (Å²) in [6.45, 7) is 14.3. The largest absolute Gasteiger partial charge is 0.334 e. The van der Waals surface area contributed by atoms with Crippen molar-refractivity contribution in [1.82, 2.24) is 4.98 Å². The molecule has 3 aromatic rings. The van der Waals surface area contributed by atoms with Crippen molar-refractivity contribution in [3.8, 4) is 0 Å². The first kappa shape index (κ1) is 20.5. The zero-order valence-corrected chi connectivity index (χ0v) is 18.3. The van der Waals surface area contributed by atoms with E-state index in [4.69, 9.17) is 4.98 Å². The fourth-order valence-corrected chi connectivity index (χ4v) is 4.53. The number of amides is 1. The molecule has 0 radical (unpaired) electrons. The van der Waals surface area contributed by atoms with Gasteiger partial charge in [0.2, 0.25) is 0 Å². The van der Waals surface area contributed by atoms with Crippen LogP contribution >= 0.6 is 11.3 Å². The van der Waals surface area contributed by atoms with E-state index in [0.29, 0.717) is 12.1 Å². The summed E-state index contributed by atoms with van der Waals surface area (Å²) in [6.07, 6.45) is 0. The van der Waals surface area contributed by atoms with Crippen LogP contribution in [0.15, 0.2) is 36.4 Å². The summed E-state index contributed by atoms with van der Waals surface area (Å²) in [7, 11) is 0. The van der Waals surface area contributed by atoms with Crippen molar-refractivity contribution >= 4 is 32.6 Å². The SMILES string of the molecule is CC[NH+](CC)CCN(C(=O)c1ccc(C)cc1)c1nc2cc(C)cc(C)c2s1. The lowest BCUT2D eigenvalue weighted by atomic mass is 10.1. The smallest absolute Gasteiger partial charge is 0.260 e. The van der Waals surface area contributed by atoms with Crippen LogP contribution in [0.25, 0.3) is 10.2 Å². The Kier molecular flexibility index (Phi) is 6.47. The molecule has 3 rings (SSSR count). The first-order chi connectivity index (χ1) is 13.4. The number of aryl methyl sites for hydroxylation is 3. The Labute approximate surface area is 171 Å². The Morgan fingerprint density at radius 3 is 2.36 bits per heavy atom. The quantitative estimate of drug-likeness (QED) is 0.660. The molecule has 0 saturated heterocycles. The van der Waals surface area contributed by atoms with Crippen molar-refractivity contribution in [1.29, 1.82) is 0 Å². The lowest BCUT2D eigenvalue weighted by molar-refractivity contribution is -0.894. The molecule has 1 aromatic heterocycles. The summed E-state index contributed by atoms with van der Waals surface area (Å²) in [5, 5.41) is 0.792. The van der Waals surface area contributed by atoms with Crippen LogP contribution in [-0.4, -0.2) is 37.1 Å². The topological polar surface area (TPSA) is 37.6 Å². The minimum atomic E-state index is 0.0278. The standard InChI is InChI=1S/C23H29N3OS/c1-6-25(7-2)12-13-26(22(27)19-10-8-16(3)9-11-19)23-24-20-15-17(4)14-18(5)21(20)28-23/h8-11,14-15H,6-7,12-13H2,1-5H3/p+1. The maximum atomic E-state index is 13.4. The molecule has 4 nitrogen and oxygen atoms in total. The normalized spacial score (nSPS) is 11.4. The van der Waals surface area contributed by atoms with Crippen LogP contribution < -0.4 is 9.80 Å². The molecule has 0 saturated carbocycles. The summed E-state index contributed by atoms with van der Waals surface area (Å²) in [5.74, 6) is 0.0278. The number of carbonyl (C=O) groups is 1. The Hall–Kier alpha value is -2.24. The molecular formula is C23H30N3OS+. The number of fused-ring (bicyclic) bond motifs is 1. The van der Waals surface area contributed by atoms with Gasteiger partial charge in [-0.3, -0.25) is 9.69 Å². The van der Waals surface area contributed by atoms with E-state index in [1.807, 2.05) is 36.1 Å². The number of nitrogens with zero attached hydrogens (tertiary/aromatic N) is 2. The zero-order valence-electron chi connectivity index (χ0n) is 17.5. The van der Waals surface area contributed by atoms with E-state index in [1.54, 1.807) is 11.3 Å². The fourth-order valence-electron chi connectivity index (χ4n) is 3.49. The van der Waals surface area contributed by atoms with E-state index in [9.17, 15) is 4.79 Å². The van der Waals surface area contributed by atoms with Crippen LogP contribution in [-0.2, 0) is 0 Å². The molecule has 0 atom stereocenters. The second kappa shape index (κ2) is 8.84. The van der Waals surface area contributed by atoms with Gasteiger partial charge in [0.05, 0.1) is 36.4 Å². The molecule has 1 heterocycles. The zero-order chi connectivity index (χ0) is 20.3. The number of aromatic nitrogens is 1. The van der Waals surface area contributed by atoms with Gasteiger partial charge in [0.25, 0.3) is 5.91 Å². The van der Waals surface area contributed by atoms with Gasteiger partial charge < -0.3 is 4.90 Å². The van der Waals surface area contributed by atoms with E-state index in [-0.39, 0.29) is 5.91 Å². The second-order valence-corrected chi connectivity index (χ2v) is 8.43. The number of quaternary nitrogens is 1. The third-order valence-electron chi connectivity index (χ3n) is 5.27. The lowest BCUT2D eigenvalue weighted by Crippen LogP contribution is -3.12. The minimum Gasteiger partial charge on any atom is -0.334 e. The van der Waals surface area contributed by atoms with Crippen molar-refractivity contribution in [2.75, 3.05) is 31.1 Å². The number of carbonyl (C=O) groups excluding carboxylic acids is 1. The van der Waals surface area contributed by atoms with E-state index >= 15 is 0 Å². The fraction of sp³-hybridized carbons (Fsp3) is 0.391. The number of rotatable bonds is 7. The van der Waals surface area contributed by atoms with E-state index in [0.717, 1.165) is 40.5 Å². The molecular weight excluding hydrogens is 366 g/mol. The lowest BCUT2D eigenvalue weighted by Gasteiger charge is -2.23. The molecule has 0 fully saturated rings. The van der Waals surface area contributed by atoms with Crippen molar-refractivity contribution in [2.45, 2.75) is 34.6 Å². The van der Waals surface area contributed by atoms with Crippen LogP contribution in [0.4, 0.5) is 5.13 Å². The predicted molar refractivity (Wildman–Crippen MR) is 119 cm³/mol. The average Bonchev–Trinajstić information content (AvgIpc) is 3.09. The van der Waals surface area contributed by atoms with Gasteiger partial charge in [0.15, 0.2) is 5.13 Å². The third kappa shape index (κ3) is 4.42. The van der Waals surface area contributed by atoms with Gasteiger partial charge in [-0.15, -0.1) is 0 Å². The number of hydrogen-bond acceptors (Lipinski definition) is 3. The molecule has 28 heavy (non-hydrogen) atoms. The highest BCUT2D eigenvalue weighted by Gasteiger charge is 2.23. The Bertz CT molecular complexity index is 958. The van der Waals surface area contributed by atoms with Gasteiger partial charge in [0, 0.05) is 5.56 Å². The highest BCUT2D eigenvalue weighted by molar-refractivity contribution is 7.22. The van der Waals surface area contributed by atoms with E-state index in [2.05, 4.69) is 39.8 Å². The maximum absolute atomic E-state index is 13.4. The van der Waals surface area contributed by atoms with E-state index in [1.165, 1.54) is 16.0 Å². The van der Waals surface area contributed by atoms with Crippen LogP contribution in [0.3, 0.4) is 0 Å². The Morgan fingerprint density at radius 2 is 1.71 bits per heavy atom. The van der Waals surface area contributed by atoms with Crippen molar-refractivity contribution in [2.24, 2.45) is 0 Å². The minimum absolute atomic E-state index is 0.0278. The van der Waals surface area contributed by atoms with Crippen molar-refractivity contribution in [3.05, 3.63) is 58.7 Å². The average molecular weight is 397 g/mol. The van der Waals surface area contributed by atoms with Crippen LogP contribution in [0.5, 0.6) is 0 Å². The van der Waals surface area contributed by atoms with Gasteiger partial charge in [-0.05, 0) is 63.9 Å². The molecule has 2 aromatic carbocycles. The summed E-state index contributed by atoms with van der Waals surface area (Å²) in [5.41, 5.74) is 5.27. The molecule has 1 amide bonds. The van der Waals surface area contributed by atoms with E-state index < -0.39 is 0 Å². The summed E-state index contributed by atoms with van der Waals surface area (Å²) in [6, 6.07) is 12.1. The van der Waals surface area contributed by atoms with Crippen LogP contribution in [0.2, 0.25) is 0 Å².